The Morgan fingerprint density at radius 3 is 2.79 bits per heavy atom. The molecule has 3 aromatic heterocycles. The fourth-order valence-corrected chi connectivity index (χ4v) is 4.04. The van der Waals surface area contributed by atoms with Crippen LogP contribution in [0.3, 0.4) is 0 Å². The molecule has 7 nitrogen and oxygen atoms in total. The van der Waals surface area contributed by atoms with Crippen LogP contribution in [0.4, 0.5) is 5.82 Å². The SMILES string of the molecule is COc1ccc2ncnc(N3CCc4ncc(-c5cn(C)nc5C)cc4C3)c2c1. The lowest BCUT2D eigenvalue weighted by molar-refractivity contribution is 0.415. The average molecular weight is 386 g/mol. The van der Waals surface area contributed by atoms with Crippen LogP contribution in [0.1, 0.15) is 17.0 Å². The first-order chi connectivity index (χ1) is 14.1. The van der Waals surface area contributed by atoms with Gasteiger partial charge in [-0.05, 0) is 36.8 Å². The molecule has 0 spiro atoms. The lowest BCUT2D eigenvalue weighted by Gasteiger charge is -2.30. The summed E-state index contributed by atoms with van der Waals surface area (Å²) in [5, 5.41) is 5.46. The first kappa shape index (κ1) is 17.6. The number of methoxy groups -OCH3 is 1. The minimum Gasteiger partial charge on any atom is -0.497 e. The third-order valence-electron chi connectivity index (χ3n) is 5.49. The van der Waals surface area contributed by atoms with E-state index in [2.05, 4.69) is 26.0 Å². The van der Waals surface area contributed by atoms with Gasteiger partial charge in [0.25, 0.3) is 0 Å². The van der Waals surface area contributed by atoms with E-state index in [0.29, 0.717) is 0 Å². The van der Waals surface area contributed by atoms with E-state index in [4.69, 9.17) is 9.72 Å². The van der Waals surface area contributed by atoms with E-state index < -0.39 is 0 Å². The third kappa shape index (κ3) is 3.08. The molecule has 0 radical (unpaired) electrons. The Morgan fingerprint density at radius 1 is 1.10 bits per heavy atom. The summed E-state index contributed by atoms with van der Waals surface area (Å²) >= 11 is 0. The van der Waals surface area contributed by atoms with Gasteiger partial charge in [0.2, 0.25) is 0 Å². The number of nitrogens with zero attached hydrogens (tertiary/aromatic N) is 6. The molecule has 4 heterocycles. The molecule has 1 aromatic carbocycles. The largest absolute Gasteiger partial charge is 0.497 e. The highest BCUT2D eigenvalue weighted by Crippen LogP contribution is 2.31. The number of anilines is 1. The number of benzene rings is 1. The monoisotopic (exact) mass is 386 g/mol. The van der Waals surface area contributed by atoms with Crippen molar-refractivity contribution < 1.29 is 4.74 Å². The molecular weight excluding hydrogens is 364 g/mol. The number of ether oxygens (including phenoxy) is 1. The highest BCUT2D eigenvalue weighted by molar-refractivity contribution is 5.90. The van der Waals surface area contributed by atoms with Crippen LogP contribution in [0.25, 0.3) is 22.0 Å². The summed E-state index contributed by atoms with van der Waals surface area (Å²) in [5.41, 5.74) is 6.53. The van der Waals surface area contributed by atoms with Crippen LogP contribution in [0, 0.1) is 6.92 Å². The summed E-state index contributed by atoms with van der Waals surface area (Å²) in [6, 6.07) is 8.15. The maximum absolute atomic E-state index is 5.41. The predicted molar refractivity (Wildman–Crippen MR) is 112 cm³/mol. The average Bonchev–Trinajstić information content (AvgIpc) is 3.10. The molecule has 7 heteroatoms. The zero-order chi connectivity index (χ0) is 20.0. The lowest BCUT2D eigenvalue weighted by atomic mass is 10.0. The fourth-order valence-electron chi connectivity index (χ4n) is 4.04. The van der Waals surface area contributed by atoms with Crippen molar-refractivity contribution in [1.29, 1.82) is 0 Å². The molecule has 146 valence electrons. The number of hydrogen-bond acceptors (Lipinski definition) is 6. The molecule has 4 aromatic rings. The zero-order valence-electron chi connectivity index (χ0n) is 16.8. The van der Waals surface area contributed by atoms with E-state index in [1.54, 1.807) is 13.4 Å². The van der Waals surface area contributed by atoms with Crippen LogP contribution in [-0.4, -0.2) is 38.4 Å². The second-order valence-corrected chi connectivity index (χ2v) is 7.38. The van der Waals surface area contributed by atoms with Crippen LogP contribution in [0.15, 0.2) is 43.0 Å². The van der Waals surface area contributed by atoms with Crippen molar-refractivity contribution in [2.24, 2.45) is 7.05 Å². The number of pyridine rings is 1. The maximum atomic E-state index is 5.41. The van der Waals surface area contributed by atoms with Gasteiger partial charge in [-0.3, -0.25) is 9.67 Å². The van der Waals surface area contributed by atoms with Crippen LogP contribution in [-0.2, 0) is 20.0 Å². The zero-order valence-corrected chi connectivity index (χ0v) is 16.8. The summed E-state index contributed by atoms with van der Waals surface area (Å²) in [6.07, 6.45) is 6.53. The first-order valence-corrected chi connectivity index (χ1v) is 9.64. The van der Waals surface area contributed by atoms with Crippen molar-refractivity contribution in [3.63, 3.8) is 0 Å². The van der Waals surface area contributed by atoms with Crippen molar-refractivity contribution >= 4 is 16.7 Å². The maximum Gasteiger partial charge on any atom is 0.140 e. The summed E-state index contributed by atoms with van der Waals surface area (Å²) < 4.78 is 7.25. The Kier molecular flexibility index (Phi) is 4.16. The number of hydrogen-bond donors (Lipinski definition) is 0. The van der Waals surface area contributed by atoms with E-state index in [1.807, 2.05) is 49.2 Å². The van der Waals surface area contributed by atoms with Gasteiger partial charge in [0.15, 0.2) is 0 Å². The highest BCUT2D eigenvalue weighted by Gasteiger charge is 2.22. The molecule has 0 bridgehead atoms. The highest BCUT2D eigenvalue weighted by atomic mass is 16.5. The van der Waals surface area contributed by atoms with Gasteiger partial charge in [-0.1, -0.05) is 0 Å². The van der Waals surface area contributed by atoms with Gasteiger partial charge >= 0.3 is 0 Å². The molecular formula is C22H22N6O. The summed E-state index contributed by atoms with van der Waals surface area (Å²) in [6.45, 7) is 3.66. The van der Waals surface area contributed by atoms with E-state index in [1.165, 1.54) is 5.56 Å². The van der Waals surface area contributed by atoms with Gasteiger partial charge < -0.3 is 9.64 Å². The third-order valence-corrected chi connectivity index (χ3v) is 5.49. The van der Waals surface area contributed by atoms with Crippen molar-refractivity contribution in [2.75, 3.05) is 18.6 Å². The predicted octanol–water partition coefficient (Wildman–Crippen LogP) is 3.31. The minimum atomic E-state index is 0.763. The van der Waals surface area contributed by atoms with E-state index in [0.717, 1.165) is 64.5 Å². The number of rotatable bonds is 3. The van der Waals surface area contributed by atoms with Crippen LogP contribution in [0.2, 0.25) is 0 Å². The van der Waals surface area contributed by atoms with Crippen molar-refractivity contribution in [1.82, 2.24) is 24.7 Å². The second-order valence-electron chi connectivity index (χ2n) is 7.38. The molecule has 0 amide bonds. The summed E-state index contributed by atoms with van der Waals surface area (Å²) in [7, 11) is 3.62. The molecule has 0 saturated carbocycles. The molecule has 29 heavy (non-hydrogen) atoms. The number of fused-ring (bicyclic) bond motifs is 2. The van der Waals surface area contributed by atoms with Gasteiger partial charge in [0.1, 0.15) is 17.9 Å². The van der Waals surface area contributed by atoms with E-state index in [9.17, 15) is 0 Å². The van der Waals surface area contributed by atoms with Crippen molar-refractivity contribution in [3.05, 3.63) is 59.9 Å². The molecule has 0 N–H and O–H groups in total. The number of aromatic nitrogens is 5. The molecule has 0 saturated heterocycles. The molecule has 5 rings (SSSR count). The van der Waals surface area contributed by atoms with Gasteiger partial charge in [-0.15, -0.1) is 0 Å². The Labute approximate surface area is 169 Å². The van der Waals surface area contributed by atoms with E-state index in [-0.39, 0.29) is 0 Å². The Balaban J connectivity index is 1.53. The smallest absolute Gasteiger partial charge is 0.140 e. The van der Waals surface area contributed by atoms with Gasteiger partial charge in [-0.2, -0.15) is 5.10 Å². The molecule has 0 aliphatic carbocycles. The van der Waals surface area contributed by atoms with Crippen LogP contribution >= 0.6 is 0 Å². The fraction of sp³-hybridized carbons (Fsp3) is 0.273. The van der Waals surface area contributed by atoms with Gasteiger partial charge in [-0.25, -0.2) is 9.97 Å². The lowest BCUT2D eigenvalue weighted by Crippen LogP contribution is -2.31. The molecule has 1 aliphatic heterocycles. The molecule has 0 fully saturated rings. The van der Waals surface area contributed by atoms with E-state index >= 15 is 0 Å². The Hall–Kier alpha value is -3.48. The van der Waals surface area contributed by atoms with Gasteiger partial charge in [0, 0.05) is 61.2 Å². The summed E-state index contributed by atoms with van der Waals surface area (Å²) in [4.78, 5) is 16.1. The summed E-state index contributed by atoms with van der Waals surface area (Å²) in [5.74, 6) is 1.74. The Bertz CT molecular complexity index is 1220. The number of aryl methyl sites for hydroxylation is 2. The van der Waals surface area contributed by atoms with Crippen molar-refractivity contribution in [3.8, 4) is 16.9 Å². The quantitative estimate of drug-likeness (QED) is 0.538. The van der Waals surface area contributed by atoms with Crippen molar-refractivity contribution in [2.45, 2.75) is 19.9 Å². The van der Waals surface area contributed by atoms with Crippen LogP contribution in [0.5, 0.6) is 5.75 Å². The Morgan fingerprint density at radius 2 is 2.00 bits per heavy atom. The first-order valence-electron chi connectivity index (χ1n) is 9.64. The minimum absolute atomic E-state index is 0.763. The normalized spacial score (nSPS) is 13.6. The molecule has 0 atom stereocenters. The van der Waals surface area contributed by atoms with Gasteiger partial charge in [0.05, 0.1) is 18.3 Å². The van der Waals surface area contributed by atoms with Crippen LogP contribution < -0.4 is 9.64 Å². The molecule has 0 unspecified atom stereocenters. The second kappa shape index (κ2) is 6.84. The topological polar surface area (TPSA) is 69.0 Å². The standard InChI is InChI=1S/C22H22N6O/c1-14-19(12-27(2)26-14)15-8-16-11-28(7-6-20(16)23-10-15)22-18-9-17(29-3)4-5-21(18)24-13-25-22/h4-5,8-10,12-13H,6-7,11H2,1-3H3. The molecule has 1 aliphatic rings.